The van der Waals surface area contributed by atoms with Gasteiger partial charge in [-0.05, 0) is 51.1 Å². The average Bonchev–Trinajstić information content (AvgIpc) is 2.59. The Hall–Kier alpha value is -0.0800. The van der Waals surface area contributed by atoms with Crippen LogP contribution in [0.1, 0.15) is 32.1 Å². The van der Waals surface area contributed by atoms with Crippen LogP contribution in [-0.2, 0) is 4.74 Å². The molecule has 1 atom stereocenters. The second-order valence-corrected chi connectivity index (χ2v) is 3.84. The van der Waals surface area contributed by atoms with Crippen molar-refractivity contribution in [1.82, 2.24) is 5.32 Å². The van der Waals surface area contributed by atoms with E-state index in [0.29, 0.717) is 6.10 Å². The fourth-order valence-electron chi connectivity index (χ4n) is 2.11. The highest BCUT2D eigenvalue weighted by atomic mass is 16.5. The molecule has 1 unspecified atom stereocenters. The van der Waals surface area contributed by atoms with E-state index in [-0.39, 0.29) is 0 Å². The molecule has 2 aliphatic heterocycles. The average molecular weight is 168 g/mol. The van der Waals surface area contributed by atoms with Crippen molar-refractivity contribution < 1.29 is 4.74 Å². The Morgan fingerprint density at radius 3 is 2.83 bits per heavy atom. The summed E-state index contributed by atoms with van der Waals surface area (Å²) < 4.78 is 5.61. The van der Waals surface area contributed by atoms with Crippen molar-refractivity contribution in [2.24, 2.45) is 0 Å². The second-order valence-electron chi connectivity index (χ2n) is 3.84. The lowest BCUT2D eigenvalue weighted by Crippen LogP contribution is -2.28. The fourth-order valence-corrected chi connectivity index (χ4v) is 2.11. The Kier molecular flexibility index (Phi) is 3.01. The summed E-state index contributed by atoms with van der Waals surface area (Å²) in [5.74, 6) is 1.72. The van der Waals surface area contributed by atoms with Crippen LogP contribution in [0.25, 0.3) is 0 Å². The monoisotopic (exact) mass is 168 g/mol. The molecule has 2 heteroatoms. The summed E-state index contributed by atoms with van der Waals surface area (Å²) in [4.78, 5) is 0. The van der Waals surface area contributed by atoms with E-state index in [4.69, 9.17) is 4.74 Å². The Labute approximate surface area is 74.7 Å². The normalized spacial score (nSPS) is 32.5. The summed E-state index contributed by atoms with van der Waals surface area (Å²) in [6.45, 7) is 3.36. The van der Waals surface area contributed by atoms with Gasteiger partial charge in [-0.1, -0.05) is 0 Å². The number of hydrogen-bond acceptors (Lipinski definition) is 2. The highest BCUT2D eigenvalue weighted by molar-refractivity contribution is 4.96. The molecule has 0 spiro atoms. The molecule has 2 saturated heterocycles. The molecule has 1 N–H and O–H groups in total. The van der Waals surface area contributed by atoms with Crippen LogP contribution in [0.2, 0.25) is 0 Å². The van der Waals surface area contributed by atoms with Crippen molar-refractivity contribution in [3.63, 3.8) is 0 Å². The van der Waals surface area contributed by atoms with Gasteiger partial charge in [0, 0.05) is 6.61 Å². The minimum absolute atomic E-state index is 0.568. The van der Waals surface area contributed by atoms with Crippen LogP contribution in [0, 0.1) is 5.92 Å². The van der Waals surface area contributed by atoms with Gasteiger partial charge in [0.25, 0.3) is 0 Å². The number of ether oxygens (including phenoxy) is 1. The van der Waals surface area contributed by atoms with E-state index in [2.05, 4.69) is 5.32 Å². The summed E-state index contributed by atoms with van der Waals surface area (Å²) in [6, 6.07) is 0. The van der Waals surface area contributed by atoms with Gasteiger partial charge >= 0.3 is 0 Å². The van der Waals surface area contributed by atoms with Crippen LogP contribution in [0.15, 0.2) is 0 Å². The maximum Gasteiger partial charge on any atom is 0.0581 e. The minimum Gasteiger partial charge on any atom is -0.378 e. The first-order valence-corrected chi connectivity index (χ1v) is 5.11. The van der Waals surface area contributed by atoms with Crippen LogP contribution in [0.5, 0.6) is 0 Å². The molecule has 0 amide bonds. The van der Waals surface area contributed by atoms with E-state index in [0.717, 1.165) is 6.61 Å². The van der Waals surface area contributed by atoms with Crippen molar-refractivity contribution in [2.45, 2.75) is 38.2 Å². The first kappa shape index (κ1) is 8.52. The van der Waals surface area contributed by atoms with Crippen molar-refractivity contribution in [3.05, 3.63) is 5.92 Å². The second kappa shape index (κ2) is 4.24. The molecule has 0 aliphatic carbocycles. The standard InChI is InChI=1S/C10H18NO/c1-2-10(12-7-1)8-9-3-5-11-6-4-9/h10-11H,1-8H2. The molecule has 2 nitrogen and oxygen atoms in total. The molecule has 0 saturated carbocycles. The van der Waals surface area contributed by atoms with Crippen LogP contribution >= 0.6 is 0 Å². The molecule has 0 bridgehead atoms. The largest absolute Gasteiger partial charge is 0.378 e. The summed E-state index contributed by atoms with van der Waals surface area (Å²) in [7, 11) is 0. The first-order valence-electron chi connectivity index (χ1n) is 5.11. The van der Waals surface area contributed by atoms with Crippen LogP contribution < -0.4 is 5.32 Å². The summed E-state index contributed by atoms with van der Waals surface area (Å²) in [5.41, 5.74) is 0. The summed E-state index contributed by atoms with van der Waals surface area (Å²) >= 11 is 0. The number of hydrogen-bond donors (Lipinski definition) is 1. The fraction of sp³-hybridized carbons (Fsp3) is 0.900. The zero-order valence-corrected chi connectivity index (χ0v) is 7.64. The summed E-state index contributed by atoms with van der Waals surface area (Å²) in [6.07, 6.45) is 6.92. The van der Waals surface area contributed by atoms with Crippen molar-refractivity contribution in [1.29, 1.82) is 0 Å². The molecule has 0 aromatic heterocycles. The third kappa shape index (κ3) is 2.20. The lowest BCUT2D eigenvalue weighted by atomic mass is 9.91. The van der Waals surface area contributed by atoms with E-state index < -0.39 is 0 Å². The number of piperidine rings is 1. The molecule has 0 aromatic rings. The molecule has 2 rings (SSSR count). The van der Waals surface area contributed by atoms with E-state index in [9.17, 15) is 0 Å². The SMILES string of the molecule is C1COC(C[C]2CCNCC2)C1. The highest BCUT2D eigenvalue weighted by Gasteiger charge is 2.22. The predicted molar refractivity (Wildman–Crippen MR) is 48.9 cm³/mol. The lowest BCUT2D eigenvalue weighted by Gasteiger charge is -2.24. The van der Waals surface area contributed by atoms with Crippen molar-refractivity contribution in [2.75, 3.05) is 19.7 Å². The summed E-state index contributed by atoms with van der Waals surface area (Å²) in [5, 5.41) is 3.38. The smallest absolute Gasteiger partial charge is 0.0581 e. The molecule has 0 aromatic carbocycles. The van der Waals surface area contributed by atoms with Crippen LogP contribution in [-0.4, -0.2) is 25.8 Å². The number of rotatable bonds is 2. The van der Waals surface area contributed by atoms with E-state index in [1.807, 2.05) is 0 Å². The van der Waals surface area contributed by atoms with Gasteiger partial charge in [-0.15, -0.1) is 0 Å². The van der Waals surface area contributed by atoms with Gasteiger partial charge in [0.15, 0.2) is 0 Å². The van der Waals surface area contributed by atoms with Crippen molar-refractivity contribution >= 4 is 0 Å². The van der Waals surface area contributed by atoms with E-state index >= 15 is 0 Å². The Morgan fingerprint density at radius 2 is 2.17 bits per heavy atom. The molecule has 2 aliphatic rings. The van der Waals surface area contributed by atoms with Crippen LogP contribution in [0.3, 0.4) is 0 Å². The van der Waals surface area contributed by atoms with E-state index in [1.165, 1.54) is 45.2 Å². The topological polar surface area (TPSA) is 21.3 Å². The van der Waals surface area contributed by atoms with Gasteiger partial charge in [-0.25, -0.2) is 0 Å². The maximum absolute atomic E-state index is 5.61. The Morgan fingerprint density at radius 1 is 1.33 bits per heavy atom. The molecular weight excluding hydrogens is 150 g/mol. The quantitative estimate of drug-likeness (QED) is 0.675. The van der Waals surface area contributed by atoms with Gasteiger partial charge in [-0.3, -0.25) is 0 Å². The van der Waals surface area contributed by atoms with Gasteiger partial charge < -0.3 is 10.1 Å². The van der Waals surface area contributed by atoms with Gasteiger partial charge in [0.1, 0.15) is 0 Å². The Bertz CT molecular complexity index is 126. The third-order valence-electron chi connectivity index (χ3n) is 2.85. The molecule has 12 heavy (non-hydrogen) atoms. The Balaban J connectivity index is 1.69. The zero-order chi connectivity index (χ0) is 8.23. The van der Waals surface area contributed by atoms with Crippen molar-refractivity contribution in [3.8, 4) is 0 Å². The molecule has 2 heterocycles. The third-order valence-corrected chi connectivity index (χ3v) is 2.85. The van der Waals surface area contributed by atoms with Gasteiger partial charge in [-0.2, -0.15) is 0 Å². The van der Waals surface area contributed by atoms with Gasteiger partial charge in [0.2, 0.25) is 0 Å². The zero-order valence-electron chi connectivity index (χ0n) is 7.64. The minimum atomic E-state index is 0.568. The first-order chi connectivity index (χ1) is 5.95. The molecule has 2 fully saturated rings. The number of nitrogens with one attached hydrogen (secondary N) is 1. The lowest BCUT2D eigenvalue weighted by molar-refractivity contribution is 0.104. The molecule has 69 valence electrons. The van der Waals surface area contributed by atoms with E-state index in [1.54, 1.807) is 5.92 Å². The predicted octanol–water partition coefficient (Wildman–Crippen LogP) is 1.51. The highest BCUT2D eigenvalue weighted by Crippen LogP contribution is 2.26. The maximum atomic E-state index is 5.61. The molecular formula is C10H18NO. The van der Waals surface area contributed by atoms with Gasteiger partial charge in [0.05, 0.1) is 6.10 Å². The van der Waals surface area contributed by atoms with Crippen LogP contribution in [0.4, 0.5) is 0 Å². The molecule has 1 radical (unpaired) electrons.